The fraction of sp³-hybridized carbons (Fsp3) is 0.561. The molecule has 10 bridgehead atoms. The minimum atomic E-state index is -0.518. The summed E-state index contributed by atoms with van der Waals surface area (Å²) in [4.78, 5) is 131. The van der Waals surface area contributed by atoms with Gasteiger partial charge in [-0.2, -0.15) is 25.5 Å². The van der Waals surface area contributed by atoms with Crippen LogP contribution >= 0.6 is 0 Å². The molecule has 626 valence electrons. The van der Waals surface area contributed by atoms with Crippen LogP contribution in [0.2, 0.25) is 0 Å². The number of hydrazone groups is 5. The summed E-state index contributed by atoms with van der Waals surface area (Å²) < 4.78 is 0. The maximum Gasteiger partial charge on any atom is 0.255 e. The number of fused-ring (bicyclic) bond motifs is 10. The minimum Gasteiger partial charge on any atom is -0.359 e. The van der Waals surface area contributed by atoms with Crippen LogP contribution in [0.1, 0.15) is 250 Å². The third-order valence-electron chi connectivity index (χ3n) is 32.7. The summed E-state index contributed by atoms with van der Waals surface area (Å²) in [6.07, 6.45) is 26.6. The van der Waals surface area contributed by atoms with Gasteiger partial charge in [0.25, 0.3) is 29.5 Å². The smallest absolute Gasteiger partial charge is 0.255 e. The first-order valence-corrected chi connectivity index (χ1v) is 44.4. The average molecular weight is 1610 g/mol. The molecule has 20 rings (SSSR count). The van der Waals surface area contributed by atoms with E-state index >= 15 is 0 Å². The van der Waals surface area contributed by atoms with Crippen LogP contribution in [0.15, 0.2) is 165 Å². The molecule has 0 radical (unpaired) electrons. The van der Waals surface area contributed by atoms with Gasteiger partial charge in [-0.3, -0.25) is 47.9 Å². The largest absolute Gasteiger partial charge is 0.359 e. The SMILES string of the molecule is CC1=NN(CC(=O)c2ccc[nH]2)C(=O)[C@]1(C)C1CC2CCC1C2.CC1=NN(CC(=O)c2ccccc2)C(=O)C1(C)[C@@H]1CC2CCC1C2.CC1=NN(CC(=O)c2ccccc2)C(=O)C1(C)[C@H]1CC2CCC1C2.CC1=NN(CC(=O)c2ccccc2)C(=O)[C@@]1(C)C1CC2CCC1C2.CC1=NN(CC(=O)c2ccccc2)C(=O)[C@]1(C)C1CC2CCC1C2. The van der Waals surface area contributed by atoms with Crippen molar-refractivity contribution < 1.29 is 47.9 Å². The van der Waals surface area contributed by atoms with E-state index in [0.717, 1.165) is 90.3 Å². The highest BCUT2D eigenvalue weighted by molar-refractivity contribution is 6.16. The fourth-order valence-electron chi connectivity index (χ4n) is 25.3. The molecule has 1 N–H and O–H groups in total. The summed E-state index contributed by atoms with van der Waals surface area (Å²) in [5.74, 6) is 8.91. The van der Waals surface area contributed by atoms with Crippen molar-refractivity contribution in [2.24, 2.45) is 141 Å². The Balaban J connectivity index is 0.000000111. The lowest BCUT2D eigenvalue weighted by Gasteiger charge is -2.35. The maximum absolute atomic E-state index is 13.1. The Bertz CT molecular complexity index is 4450. The molecule has 5 aromatic rings. The van der Waals surface area contributed by atoms with Crippen molar-refractivity contribution in [3.05, 3.63) is 168 Å². The van der Waals surface area contributed by atoms with Gasteiger partial charge < -0.3 is 4.98 Å². The van der Waals surface area contributed by atoms with E-state index in [9.17, 15) is 47.9 Å². The van der Waals surface area contributed by atoms with Crippen LogP contribution in [-0.4, -0.2) is 150 Å². The number of ketones is 5. The van der Waals surface area contributed by atoms with E-state index in [4.69, 9.17) is 0 Å². The van der Waals surface area contributed by atoms with Crippen LogP contribution in [-0.2, 0) is 24.0 Å². The standard InChI is InChI=1S/4C20H24N2O2.C18H23N3O2/c4*1-13-20(2,17-11-14-8-9-16(17)10-14)19(24)22(21-13)12-18(23)15-6-4-3-5-7-15;1-11-18(2,14-9-12-5-6-13(14)8-12)17(23)21(20-11)10-16(22)15-4-3-7-19-15/h4*3-7,14,16-17H,8-12H2,1-2H3;3-4,7,12-14,19H,5-6,8-10H2,1-2H3/t2*14?,16?,17?,20-;2*14?,16?,17-,20?;12?,13?,14?,18-/m10100/s1. The molecule has 15 aliphatic rings. The van der Waals surface area contributed by atoms with E-state index < -0.39 is 27.1 Å². The van der Waals surface area contributed by atoms with Crippen LogP contribution in [0.4, 0.5) is 0 Å². The number of amides is 5. The average Bonchev–Trinajstić information content (AvgIpc) is 1.61. The zero-order valence-electron chi connectivity index (χ0n) is 71.2. The summed E-state index contributed by atoms with van der Waals surface area (Å²) in [6.45, 7) is 20.2. The van der Waals surface area contributed by atoms with E-state index in [2.05, 4.69) is 30.5 Å². The molecule has 1 aromatic heterocycles. The molecule has 10 aliphatic carbocycles. The quantitative estimate of drug-likeness (QED) is 0.0720. The van der Waals surface area contributed by atoms with Crippen molar-refractivity contribution in [1.82, 2.24) is 30.0 Å². The van der Waals surface area contributed by atoms with Crippen molar-refractivity contribution in [2.75, 3.05) is 32.7 Å². The molecular formula is C98H119N11O10. The first kappa shape index (κ1) is 82.9. The molecule has 5 amide bonds. The van der Waals surface area contributed by atoms with E-state index in [0.29, 0.717) is 87.1 Å². The molecule has 0 saturated heterocycles. The molecule has 15 unspecified atom stereocenters. The van der Waals surface area contributed by atoms with Gasteiger partial charge in [0.1, 0.15) is 32.7 Å². The lowest BCUT2D eigenvalue weighted by Crippen LogP contribution is -2.45. The summed E-state index contributed by atoms with van der Waals surface area (Å²) in [6, 6.07) is 40.1. The van der Waals surface area contributed by atoms with Gasteiger partial charge in [-0.05, 0) is 266 Å². The van der Waals surface area contributed by atoms with Gasteiger partial charge in [-0.1, -0.05) is 153 Å². The molecule has 5 aliphatic heterocycles. The summed E-state index contributed by atoms with van der Waals surface area (Å²) >= 11 is 0. The second kappa shape index (κ2) is 33.0. The third-order valence-corrected chi connectivity index (χ3v) is 32.7. The monoisotopic (exact) mass is 1610 g/mol. The van der Waals surface area contributed by atoms with Crippen LogP contribution in [0.5, 0.6) is 0 Å². The summed E-state index contributed by atoms with van der Waals surface area (Å²) in [5.41, 5.74) is 4.86. The molecule has 10 fully saturated rings. The molecule has 4 aromatic carbocycles. The topological polar surface area (TPSA) is 264 Å². The maximum atomic E-state index is 13.1. The zero-order valence-corrected chi connectivity index (χ0v) is 71.2. The van der Waals surface area contributed by atoms with Crippen LogP contribution in [0.25, 0.3) is 0 Å². The number of Topliss-reactive ketones (excluding diaryl/α,β-unsaturated/α-hetero) is 5. The lowest BCUT2D eigenvalue weighted by molar-refractivity contribution is -0.138. The lowest BCUT2D eigenvalue weighted by atomic mass is 9.66. The van der Waals surface area contributed by atoms with Gasteiger partial charge in [0.15, 0.2) is 23.1 Å². The highest BCUT2D eigenvalue weighted by atomic mass is 16.2. The van der Waals surface area contributed by atoms with Crippen molar-refractivity contribution in [3.63, 3.8) is 0 Å². The first-order chi connectivity index (χ1) is 57.0. The summed E-state index contributed by atoms with van der Waals surface area (Å²) in [7, 11) is 0. The molecule has 0 spiro atoms. The van der Waals surface area contributed by atoms with E-state index in [1.54, 1.807) is 66.9 Å². The predicted octanol–water partition coefficient (Wildman–Crippen LogP) is 17.0. The number of benzene rings is 4. The number of carbonyl (C=O) groups excluding carboxylic acids is 10. The van der Waals surface area contributed by atoms with E-state index in [1.165, 1.54) is 121 Å². The van der Waals surface area contributed by atoms with Crippen molar-refractivity contribution in [1.29, 1.82) is 0 Å². The second-order valence-corrected chi connectivity index (χ2v) is 38.8. The summed E-state index contributed by atoms with van der Waals surface area (Å²) in [5, 5.41) is 29.5. The molecule has 21 heteroatoms. The Labute approximate surface area is 700 Å². The van der Waals surface area contributed by atoms with Crippen LogP contribution < -0.4 is 0 Å². The number of aromatic amines is 1. The van der Waals surface area contributed by atoms with Gasteiger partial charge in [0.05, 0.1) is 61.3 Å². The van der Waals surface area contributed by atoms with Gasteiger partial charge in [-0.25, -0.2) is 25.0 Å². The fourth-order valence-corrected chi connectivity index (χ4v) is 25.3. The Morgan fingerprint density at radius 3 is 0.655 bits per heavy atom. The Kier molecular flexibility index (Phi) is 23.0. The number of hydrogen-bond acceptors (Lipinski definition) is 15. The molecule has 119 heavy (non-hydrogen) atoms. The number of hydrogen-bond donors (Lipinski definition) is 1. The van der Waals surface area contributed by atoms with Crippen molar-refractivity contribution >= 4 is 87.0 Å². The van der Waals surface area contributed by atoms with Crippen molar-refractivity contribution in [3.8, 4) is 0 Å². The van der Waals surface area contributed by atoms with Crippen LogP contribution in [0, 0.1) is 116 Å². The normalized spacial score (nSPS) is 35.0. The Morgan fingerprint density at radius 2 is 0.487 bits per heavy atom. The Morgan fingerprint density at radius 1 is 0.286 bits per heavy atom. The predicted molar refractivity (Wildman–Crippen MR) is 458 cm³/mol. The number of nitrogens with zero attached hydrogens (tertiary/aromatic N) is 10. The molecule has 21 nitrogen and oxygen atoms in total. The number of H-pyrrole nitrogens is 1. The first-order valence-electron chi connectivity index (χ1n) is 44.4. The Hall–Kier alpha value is -9.79. The number of rotatable bonds is 20. The van der Waals surface area contributed by atoms with Crippen LogP contribution in [0.3, 0.4) is 0 Å². The van der Waals surface area contributed by atoms with Gasteiger partial charge in [0.2, 0.25) is 5.78 Å². The highest BCUT2D eigenvalue weighted by Crippen LogP contribution is 2.62. The van der Waals surface area contributed by atoms with Gasteiger partial charge >= 0.3 is 0 Å². The third kappa shape index (κ3) is 15.1. The van der Waals surface area contributed by atoms with Gasteiger partial charge in [0, 0.05) is 28.5 Å². The minimum absolute atomic E-state index is 0.00690. The zero-order chi connectivity index (χ0) is 83.8. The molecule has 6 heterocycles. The number of carbonyl (C=O) groups is 10. The van der Waals surface area contributed by atoms with E-state index in [1.807, 2.05) is 142 Å². The number of nitrogens with one attached hydrogen (secondary N) is 1. The molecule has 20 atom stereocenters. The molecular weight excluding hydrogens is 1490 g/mol. The highest BCUT2D eigenvalue weighted by Gasteiger charge is 2.63. The van der Waals surface area contributed by atoms with Gasteiger partial charge in [-0.15, -0.1) is 0 Å². The van der Waals surface area contributed by atoms with E-state index in [-0.39, 0.29) is 91.2 Å². The van der Waals surface area contributed by atoms with Crippen molar-refractivity contribution in [2.45, 2.75) is 198 Å². The molecule has 10 saturated carbocycles. The number of aromatic nitrogens is 1. The second-order valence-electron chi connectivity index (χ2n) is 38.8.